The Morgan fingerprint density at radius 3 is 2.45 bits per heavy atom. The summed E-state index contributed by atoms with van der Waals surface area (Å²) >= 11 is 4.62. The van der Waals surface area contributed by atoms with E-state index in [1.165, 1.54) is 0 Å². The number of nitrogens with two attached hydrogens (primary N) is 1. The Kier molecular flexibility index (Phi) is 4.22. The molecule has 1 unspecified atom stereocenters. The van der Waals surface area contributed by atoms with E-state index in [4.69, 9.17) is 10.3 Å². The SMILES string of the molecule is CC(C)OP(C)(=O)CC(N)=S. The van der Waals surface area contributed by atoms with Crippen LogP contribution in [0.1, 0.15) is 13.8 Å². The summed E-state index contributed by atoms with van der Waals surface area (Å²) in [6.45, 7) is 5.21. The van der Waals surface area contributed by atoms with Crippen molar-refractivity contribution < 1.29 is 9.09 Å². The molecule has 11 heavy (non-hydrogen) atoms. The summed E-state index contributed by atoms with van der Waals surface area (Å²) in [6, 6.07) is 0. The number of hydrogen-bond acceptors (Lipinski definition) is 3. The van der Waals surface area contributed by atoms with E-state index in [-0.39, 0.29) is 17.3 Å². The van der Waals surface area contributed by atoms with E-state index in [2.05, 4.69) is 12.2 Å². The van der Waals surface area contributed by atoms with Crippen LogP contribution in [0.3, 0.4) is 0 Å². The summed E-state index contributed by atoms with van der Waals surface area (Å²) in [4.78, 5) is 0.247. The van der Waals surface area contributed by atoms with Gasteiger partial charge in [-0.2, -0.15) is 0 Å². The van der Waals surface area contributed by atoms with Gasteiger partial charge < -0.3 is 10.3 Å². The van der Waals surface area contributed by atoms with Crippen LogP contribution in [0, 0.1) is 0 Å². The van der Waals surface area contributed by atoms with Crippen molar-refractivity contribution in [2.45, 2.75) is 20.0 Å². The maximum Gasteiger partial charge on any atom is 0.207 e. The van der Waals surface area contributed by atoms with Crippen molar-refractivity contribution in [2.24, 2.45) is 5.73 Å². The van der Waals surface area contributed by atoms with Crippen molar-refractivity contribution in [1.82, 2.24) is 0 Å². The van der Waals surface area contributed by atoms with Gasteiger partial charge in [-0.3, -0.25) is 4.57 Å². The Labute approximate surface area is 72.8 Å². The molecule has 0 aromatic rings. The van der Waals surface area contributed by atoms with Gasteiger partial charge >= 0.3 is 0 Å². The highest BCUT2D eigenvalue weighted by Gasteiger charge is 2.18. The lowest BCUT2D eigenvalue weighted by Gasteiger charge is -2.15. The first kappa shape index (κ1) is 11.1. The van der Waals surface area contributed by atoms with Gasteiger partial charge in [0.15, 0.2) is 0 Å². The number of rotatable bonds is 4. The molecule has 0 rings (SSSR count). The molecule has 0 aromatic heterocycles. The van der Waals surface area contributed by atoms with Crippen molar-refractivity contribution in [3.05, 3.63) is 0 Å². The molecular weight excluding hydrogens is 181 g/mol. The van der Waals surface area contributed by atoms with Crippen LogP contribution in [0.4, 0.5) is 0 Å². The smallest absolute Gasteiger partial charge is 0.207 e. The normalized spacial score (nSPS) is 16.4. The average Bonchev–Trinajstić information content (AvgIpc) is 1.53. The number of thiocarbonyl (C=S) groups is 1. The zero-order chi connectivity index (χ0) is 9.07. The van der Waals surface area contributed by atoms with Crippen molar-refractivity contribution in [1.29, 1.82) is 0 Å². The minimum absolute atomic E-state index is 0.0415. The van der Waals surface area contributed by atoms with Crippen LogP contribution in [0.2, 0.25) is 0 Å². The fraction of sp³-hybridized carbons (Fsp3) is 0.833. The van der Waals surface area contributed by atoms with Gasteiger partial charge in [0.1, 0.15) is 0 Å². The summed E-state index contributed by atoms with van der Waals surface area (Å²) in [7, 11) is -2.57. The van der Waals surface area contributed by atoms with Crippen molar-refractivity contribution >= 4 is 24.6 Å². The lowest BCUT2D eigenvalue weighted by molar-refractivity contribution is 0.248. The highest BCUT2D eigenvalue weighted by atomic mass is 32.1. The molecule has 0 aliphatic carbocycles. The Morgan fingerprint density at radius 2 is 2.18 bits per heavy atom. The van der Waals surface area contributed by atoms with E-state index in [0.29, 0.717) is 0 Å². The molecule has 1 atom stereocenters. The van der Waals surface area contributed by atoms with Crippen LogP contribution in [0.15, 0.2) is 0 Å². The molecule has 66 valence electrons. The zero-order valence-electron chi connectivity index (χ0n) is 7.03. The van der Waals surface area contributed by atoms with Crippen molar-refractivity contribution in [3.63, 3.8) is 0 Å². The Morgan fingerprint density at radius 1 is 1.73 bits per heavy atom. The molecule has 0 radical (unpaired) electrons. The fourth-order valence-electron chi connectivity index (χ4n) is 0.766. The fourth-order valence-corrected chi connectivity index (χ4v) is 3.00. The van der Waals surface area contributed by atoms with E-state index in [9.17, 15) is 4.57 Å². The Bertz CT molecular complexity index is 193. The van der Waals surface area contributed by atoms with Gasteiger partial charge in [-0.05, 0) is 13.8 Å². The monoisotopic (exact) mass is 195 g/mol. The summed E-state index contributed by atoms with van der Waals surface area (Å²) < 4.78 is 16.6. The maximum atomic E-state index is 11.4. The lowest BCUT2D eigenvalue weighted by Crippen LogP contribution is -2.15. The van der Waals surface area contributed by atoms with Crippen LogP contribution in [0.25, 0.3) is 0 Å². The summed E-state index contributed by atoms with van der Waals surface area (Å²) in [5, 5.41) is 0. The van der Waals surface area contributed by atoms with Gasteiger partial charge in [-0.1, -0.05) is 12.2 Å². The Hall–Kier alpha value is 0.0800. The molecule has 0 aliphatic rings. The second-order valence-electron chi connectivity index (χ2n) is 2.79. The van der Waals surface area contributed by atoms with Crippen LogP contribution in [-0.2, 0) is 9.09 Å². The summed E-state index contributed by atoms with van der Waals surface area (Å²) in [6.07, 6.45) is 0.153. The maximum absolute atomic E-state index is 11.4. The Balaban J connectivity index is 4.01. The van der Waals surface area contributed by atoms with Gasteiger partial charge in [0.2, 0.25) is 7.37 Å². The third kappa shape index (κ3) is 6.48. The first-order valence-corrected chi connectivity index (χ1v) is 6.03. The van der Waals surface area contributed by atoms with E-state index in [1.807, 2.05) is 13.8 Å². The molecule has 0 saturated carbocycles. The average molecular weight is 195 g/mol. The zero-order valence-corrected chi connectivity index (χ0v) is 8.74. The molecule has 3 nitrogen and oxygen atoms in total. The molecular formula is C6H14NO2PS. The molecule has 2 N–H and O–H groups in total. The van der Waals surface area contributed by atoms with Crippen LogP contribution < -0.4 is 5.73 Å². The molecule has 5 heteroatoms. The first-order valence-electron chi connectivity index (χ1n) is 3.37. The van der Waals surface area contributed by atoms with Gasteiger partial charge in [0.25, 0.3) is 0 Å². The molecule has 0 aromatic carbocycles. The predicted octanol–water partition coefficient (Wildman–Crippen LogP) is 1.61. The van der Waals surface area contributed by atoms with E-state index >= 15 is 0 Å². The van der Waals surface area contributed by atoms with Crippen LogP contribution in [-0.4, -0.2) is 23.9 Å². The molecule has 0 aliphatic heterocycles. The predicted molar refractivity (Wildman–Crippen MR) is 51.4 cm³/mol. The highest BCUT2D eigenvalue weighted by Crippen LogP contribution is 2.43. The molecule has 0 spiro atoms. The molecule has 0 saturated heterocycles. The third-order valence-electron chi connectivity index (χ3n) is 0.877. The van der Waals surface area contributed by atoms with Crippen LogP contribution in [0.5, 0.6) is 0 Å². The number of hydrogen-bond donors (Lipinski definition) is 1. The standard InChI is InChI=1S/C6H14NO2PS/c1-5(2)9-10(3,8)4-6(7)11/h5H,4H2,1-3H3,(H2,7,11). The van der Waals surface area contributed by atoms with E-state index < -0.39 is 7.37 Å². The summed E-state index contributed by atoms with van der Waals surface area (Å²) in [5.74, 6) is 0. The minimum atomic E-state index is -2.57. The lowest BCUT2D eigenvalue weighted by atomic mass is 10.5. The van der Waals surface area contributed by atoms with Gasteiger partial charge in [-0.15, -0.1) is 0 Å². The highest BCUT2D eigenvalue weighted by molar-refractivity contribution is 7.81. The molecule has 0 fully saturated rings. The summed E-state index contributed by atoms with van der Waals surface area (Å²) in [5.41, 5.74) is 5.23. The van der Waals surface area contributed by atoms with Gasteiger partial charge in [0.05, 0.1) is 17.3 Å². The largest absolute Gasteiger partial charge is 0.393 e. The second kappa shape index (κ2) is 4.19. The van der Waals surface area contributed by atoms with Crippen LogP contribution >= 0.6 is 19.6 Å². The van der Waals surface area contributed by atoms with E-state index in [0.717, 1.165) is 0 Å². The molecule has 0 amide bonds. The molecule has 0 heterocycles. The quantitative estimate of drug-likeness (QED) is 0.547. The minimum Gasteiger partial charge on any atom is -0.393 e. The third-order valence-corrected chi connectivity index (χ3v) is 3.02. The molecule has 0 bridgehead atoms. The van der Waals surface area contributed by atoms with Crippen molar-refractivity contribution in [3.8, 4) is 0 Å². The van der Waals surface area contributed by atoms with Gasteiger partial charge in [-0.25, -0.2) is 0 Å². The van der Waals surface area contributed by atoms with E-state index in [1.54, 1.807) is 6.66 Å². The first-order chi connectivity index (χ1) is 4.83. The van der Waals surface area contributed by atoms with Crippen molar-refractivity contribution in [2.75, 3.05) is 12.8 Å². The van der Waals surface area contributed by atoms with Gasteiger partial charge in [0, 0.05) is 6.66 Å². The topological polar surface area (TPSA) is 52.3 Å². The second-order valence-corrected chi connectivity index (χ2v) is 5.87.